The van der Waals surface area contributed by atoms with E-state index in [1.165, 1.54) is 18.4 Å². The lowest BCUT2D eigenvalue weighted by atomic mass is 10.0. The minimum absolute atomic E-state index is 0.237. The lowest BCUT2D eigenvalue weighted by molar-refractivity contribution is -0.385. The van der Waals surface area contributed by atoms with Gasteiger partial charge < -0.3 is 10.2 Å². The van der Waals surface area contributed by atoms with Crippen LogP contribution in [0.4, 0.5) is 5.69 Å². The summed E-state index contributed by atoms with van der Waals surface area (Å²) in [5.74, 6) is -3.65. The second-order valence-corrected chi connectivity index (χ2v) is 8.80. The van der Waals surface area contributed by atoms with Crippen LogP contribution in [0, 0.1) is 10.1 Å². The van der Waals surface area contributed by atoms with Crippen molar-refractivity contribution in [2.45, 2.75) is 32.0 Å². The van der Waals surface area contributed by atoms with E-state index in [-0.39, 0.29) is 10.6 Å². The summed E-state index contributed by atoms with van der Waals surface area (Å²) in [4.78, 5) is 36.7. The summed E-state index contributed by atoms with van der Waals surface area (Å²) in [6.07, 6.45) is 2.47. The predicted octanol–water partition coefficient (Wildman–Crippen LogP) is 2.53. The van der Waals surface area contributed by atoms with Gasteiger partial charge in [0.1, 0.15) is 0 Å². The highest BCUT2D eigenvalue weighted by Crippen LogP contribution is 2.23. The summed E-state index contributed by atoms with van der Waals surface area (Å²) in [5, 5.41) is 26.0. The molecule has 2 aromatic rings. The van der Waals surface area contributed by atoms with Crippen molar-refractivity contribution in [3.63, 3.8) is 0 Å². The minimum atomic E-state index is -1.82. The summed E-state index contributed by atoms with van der Waals surface area (Å²) in [7, 11) is 0. The number of hydrogen-bond donors (Lipinski definition) is 2. The smallest absolute Gasteiger partial charge is 0.414 e. The van der Waals surface area contributed by atoms with E-state index in [1.807, 2.05) is 12.1 Å². The molecule has 2 N–H and O–H groups in total. The number of nitrogens with zero attached hydrogens (tertiary/aromatic N) is 4. The van der Waals surface area contributed by atoms with Gasteiger partial charge in [0, 0.05) is 56.9 Å². The van der Waals surface area contributed by atoms with Crippen molar-refractivity contribution in [2.75, 3.05) is 39.3 Å². The third-order valence-corrected chi connectivity index (χ3v) is 6.49. The molecule has 0 aromatic heterocycles. The Morgan fingerprint density at radius 1 is 0.800 bits per heavy atom. The number of carboxylic acids is 2. The van der Waals surface area contributed by atoms with E-state index in [1.54, 1.807) is 12.1 Å². The van der Waals surface area contributed by atoms with Gasteiger partial charge in [-0.05, 0) is 31.5 Å². The summed E-state index contributed by atoms with van der Waals surface area (Å²) in [5.41, 5.74) is 2.45. The minimum Gasteiger partial charge on any atom is -0.473 e. The van der Waals surface area contributed by atoms with Crippen LogP contribution in [0.15, 0.2) is 54.6 Å². The van der Waals surface area contributed by atoms with Gasteiger partial charge in [0.25, 0.3) is 5.69 Å². The molecule has 0 radical (unpaired) electrons. The topological polar surface area (TPSA) is 127 Å². The molecule has 2 aliphatic heterocycles. The molecule has 188 valence electrons. The van der Waals surface area contributed by atoms with Crippen molar-refractivity contribution < 1.29 is 24.7 Å². The summed E-state index contributed by atoms with van der Waals surface area (Å²) in [6, 6.07) is 18.5. The number of hydrogen-bond acceptors (Lipinski definition) is 7. The molecule has 2 aromatic carbocycles. The number of aliphatic carboxylic acids is 2. The van der Waals surface area contributed by atoms with E-state index in [2.05, 4.69) is 45.0 Å². The van der Waals surface area contributed by atoms with E-state index in [0.717, 1.165) is 51.4 Å². The van der Waals surface area contributed by atoms with E-state index in [0.29, 0.717) is 12.6 Å². The lowest BCUT2D eigenvalue weighted by Gasteiger charge is -2.42. The van der Waals surface area contributed by atoms with Crippen LogP contribution in [0.3, 0.4) is 0 Å². The van der Waals surface area contributed by atoms with Gasteiger partial charge in [0.15, 0.2) is 0 Å². The number of para-hydroxylation sites is 1. The van der Waals surface area contributed by atoms with Crippen LogP contribution >= 0.6 is 0 Å². The van der Waals surface area contributed by atoms with Crippen molar-refractivity contribution in [1.29, 1.82) is 0 Å². The predicted molar refractivity (Wildman–Crippen MR) is 130 cm³/mol. The van der Waals surface area contributed by atoms with Crippen LogP contribution in [0.25, 0.3) is 0 Å². The third kappa shape index (κ3) is 8.13. The second-order valence-electron chi connectivity index (χ2n) is 8.80. The largest absolute Gasteiger partial charge is 0.473 e. The Hall–Kier alpha value is -3.34. The van der Waals surface area contributed by atoms with Crippen LogP contribution in [-0.4, -0.2) is 87.1 Å². The molecule has 2 saturated heterocycles. The fourth-order valence-corrected chi connectivity index (χ4v) is 4.63. The maximum Gasteiger partial charge on any atom is 0.414 e. The van der Waals surface area contributed by atoms with Crippen LogP contribution in [0.5, 0.6) is 0 Å². The maximum absolute atomic E-state index is 11.2. The van der Waals surface area contributed by atoms with Gasteiger partial charge in [-0.1, -0.05) is 48.5 Å². The number of nitro groups is 1. The molecule has 0 bridgehead atoms. The first-order valence-electron chi connectivity index (χ1n) is 11.7. The maximum atomic E-state index is 11.2. The van der Waals surface area contributed by atoms with Gasteiger partial charge in [0.2, 0.25) is 0 Å². The van der Waals surface area contributed by atoms with E-state index < -0.39 is 11.9 Å². The molecule has 10 heteroatoms. The molecule has 0 amide bonds. The molecule has 0 saturated carbocycles. The van der Waals surface area contributed by atoms with E-state index in [4.69, 9.17) is 19.8 Å². The van der Waals surface area contributed by atoms with Crippen LogP contribution in [-0.2, 0) is 22.7 Å². The Morgan fingerprint density at radius 2 is 1.34 bits per heavy atom. The molecular weight excluding hydrogens is 452 g/mol. The first-order valence-corrected chi connectivity index (χ1v) is 11.7. The van der Waals surface area contributed by atoms with Crippen molar-refractivity contribution >= 4 is 17.6 Å². The Morgan fingerprint density at radius 3 is 1.91 bits per heavy atom. The number of likely N-dealkylation sites (tertiary alicyclic amines) is 1. The number of piperidine rings is 1. The zero-order chi connectivity index (χ0) is 25.2. The summed E-state index contributed by atoms with van der Waals surface area (Å²) >= 11 is 0. The lowest BCUT2D eigenvalue weighted by Crippen LogP contribution is -2.52. The van der Waals surface area contributed by atoms with Crippen LogP contribution in [0.2, 0.25) is 0 Å². The number of carboxylic acid groups (broad SMARTS) is 2. The molecule has 2 fully saturated rings. The third-order valence-electron chi connectivity index (χ3n) is 6.49. The van der Waals surface area contributed by atoms with Gasteiger partial charge in [-0.25, -0.2) is 9.59 Å². The number of carbonyl (C=O) groups is 2. The molecular formula is C25H32N4O6. The molecule has 0 spiro atoms. The van der Waals surface area contributed by atoms with Crippen LogP contribution in [0.1, 0.15) is 24.0 Å². The SMILES string of the molecule is O=C(O)C(=O)O.O=[N+]([O-])c1ccccc1CN1CCN(C2CCN(Cc3ccccc3)CC2)CC1. The number of nitro benzene ring substituents is 1. The highest BCUT2D eigenvalue weighted by molar-refractivity contribution is 6.27. The average Bonchev–Trinajstić information content (AvgIpc) is 2.86. The highest BCUT2D eigenvalue weighted by Gasteiger charge is 2.28. The highest BCUT2D eigenvalue weighted by atomic mass is 16.6. The monoisotopic (exact) mass is 484 g/mol. The van der Waals surface area contributed by atoms with Crippen molar-refractivity contribution in [3.8, 4) is 0 Å². The molecule has 0 atom stereocenters. The molecule has 4 rings (SSSR count). The Bertz CT molecular complexity index is 974. The van der Waals surface area contributed by atoms with Crippen molar-refractivity contribution in [1.82, 2.24) is 14.7 Å². The fourth-order valence-electron chi connectivity index (χ4n) is 4.63. The average molecular weight is 485 g/mol. The van der Waals surface area contributed by atoms with Gasteiger partial charge in [0.05, 0.1) is 4.92 Å². The van der Waals surface area contributed by atoms with Gasteiger partial charge >= 0.3 is 11.9 Å². The molecule has 0 aliphatic carbocycles. The zero-order valence-electron chi connectivity index (χ0n) is 19.7. The molecule has 35 heavy (non-hydrogen) atoms. The number of piperazine rings is 1. The Labute approximate surface area is 204 Å². The number of benzene rings is 2. The first-order chi connectivity index (χ1) is 16.8. The molecule has 10 nitrogen and oxygen atoms in total. The van der Waals surface area contributed by atoms with Crippen molar-refractivity contribution in [2.24, 2.45) is 0 Å². The second kappa shape index (κ2) is 12.9. The fraction of sp³-hybridized carbons (Fsp3) is 0.440. The summed E-state index contributed by atoms with van der Waals surface area (Å²) < 4.78 is 0. The van der Waals surface area contributed by atoms with Crippen molar-refractivity contribution in [3.05, 3.63) is 75.8 Å². The molecule has 0 unspecified atom stereocenters. The normalized spacial score (nSPS) is 17.8. The Balaban J connectivity index is 0.000000509. The van der Waals surface area contributed by atoms with Crippen LogP contribution < -0.4 is 0 Å². The van der Waals surface area contributed by atoms with Gasteiger partial charge in [-0.15, -0.1) is 0 Å². The van der Waals surface area contributed by atoms with E-state index in [9.17, 15) is 10.1 Å². The Kier molecular flexibility index (Phi) is 9.71. The number of rotatable bonds is 6. The first kappa shape index (κ1) is 26.3. The quantitative estimate of drug-likeness (QED) is 0.361. The molecule has 2 aliphatic rings. The standard InChI is InChI=1S/C23H30N4O2.C2H2O4/c28-27(29)23-9-5-4-8-21(23)19-25-14-16-26(17-15-25)22-10-12-24(13-11-22)18-20-6-2-1-3-7-20;3-1(4)2(5)6/h1-9,22H,10-19H2;(H,3,4)(H,5,6). The van der Waals surface area contributed by atoms with E-state index >= 15 is 0 Å². The van der Waals surface area contributed by atoms with Gasteiger partial charge in [-0.3, -0.25) is 24.8 Å². The zero-order valence-corrected chi connectivity index (χ0v) is 19.7. The summed E-state index contributed by atoms with van der Waals surface area (Å²) in [6.45, 7) is 8.13. The molecule has 2 heterocycles. The van der Waals surface area contributed by atoms with Gasteiger partial charge in [-0.2, -0.15) is 0 Å².